The predicted molar refractivity (Wildman–Crippen MR) is 120 cm³/mol. The Balaban J connectivity index is 1.56. The third kappa shape index (κ3) is 4.63. The van der Waals surface area contributed by atoms with Crippen LogP contribution in [0, 0.1) is 12.7 Å². The number of ether oxygens (including phenoxy) is 1. The molecule has 0 bridgehead atoms. The molecule has 156 valence electrons. The van der Waals surface area contributed by atoms with Crippen molar-refractivity contribution in [3.05, 3.63) is 99.4 Å². The van der Waals surface area contributed by atoms with Crippen LogP contribution in [-0.2, 0) is 24.0 Å². The second-order valence-corrected chi connectivity index (χ2v) is 8.38. The third-order valence-electron chi connectivity index (χ3n) is 6.12. The van der Waals surface area contributed by atoms with E-state index in [2.05, 4.69) is 43.3 Å². The summed E-state index contributed by atoms with van der Waals surface area (Å²) in [5, 5.41) is 9.59. The van der Waals surface area contributed by atoms with Crippen LogP contribution < -0.4 is 0 Å². The zero-order valence-electron chi connectivity index (χ0n) is 17.7. The molecular weight excluding hydrogens is 375 g/mol. The van der Waals surface area contributed by atoms with E-state index in [1.165, 1.54) is 27.8 Å². The number of rotatable bonds is 7. The van der Waals surface area contributed by atoms with E-state index in [-0.39, 0.29) is 18.5 Å². The summed E-state index contributed by atoms with van der Waals surface area (Å²) in [5.41, 5.74) is 9.35. The smallest absolute Gasteiger partial charge is 0.123 e. The number of aliphatic hydroxyl groups excluding tert-OH is 1. The van der Waals surface area contributed by atoms with Gasteiger partial charge in [0.25, 0.3) is 0 Å². The first kappa shape index (κ1) is 20.8. The number of hydrogen-bond acceptors (Lipinski definition) is 2. The average molecular weight is 405 g/mol. The third-order valence-corrected chi connectivity index (χ3v) is 6.12. The first-order chi connectivity index (χ1) is 14.6. The molecule has 2 aliphatic rings. The summed E-state index contributed by atoms with van der Waals surface area (Å²) < 4.78 is 19.8. The average Bonchev–Trinajstić information content (AvgIpc) is 3.15. The number of aryl methyl sites for hydroxylation is 3. The molecule has 0 saturated carbocycles. The first-order valence-electron chi connectivity index (χ1n) is 10.7. The summed E-state index contributed by atoms with van der Waals surface area (Å²) in [6, 6.07) is 12.0. The molecule has 0 amide bonds. The van der Waals surface area contributed by atoms with Crippen molar-refractivity contribution in [2.24, 2.45) is 0 Å². The summed E-state index contributed by atoms with van der Waals surface area (Å²) in [6.45, 7) is 2.11. The zero-order chi connectivity index (χ0) is 21.1. The lowest BCUT2D eigenvalue weighted by Gasteiger charge is -2.21. The van der Waals surface area contributed by atoms with Crippen LogP contribution in [0.25, 0.3) is 5.57 Å². The number of halogens is 1. The quantitative estimate of drug-likeness (QED) is 0.659. The van der Waals surface area contributed by atoms with Gasteiger partial charge in [-0.3, -0.25) is 0 Å². The van der Waals surface area contributed by atoms with Crippen LogP contribution in [0.4, 0.5) is 4.39 Å². The predicted octanol–water partition coefficient (Wildman–Crippen LogP) is 5.51. The van der Waals surface area contributed by atoms with E-state index in [0.29, 0.717) is 0 Å². The molecule has 4 rings (SSSR count). The van der Waals surface area contributed by atoms with Gasteiger partial charge in [0.1, 0.15) is 5.82 Å². The van der Waals surface area contributed by atoms with Crippen molar-refractivity contribution in [1.29, 1.82) is 0 Å². The Hall–Kier alpha value is -2.49. The molecule has 0 saturated heterocycles. The van der Waals surface area contributed by atoms with E-state index in [1.807, 2.05) is 6.08 Å². The van der Waals surface area contributed by atoms with Gasteiger partial charge >= 0.3 is 0 Å². The van der Waals surface area contributed by atoms with E-state index in [4.69, 9.17) is 4.74 Å². The maximum absolute atomic E-state index is 14.3. The molecule has 1 unspecified atom stereocenters. The fourth-order valence-electron chi connectivity index (χ4n) is 4.57. The highest BCUT2D eigenvalue weighted by Crippen LogP contribution is 2.38. The van der Waals surface area contributed by atoms with Crippen molar-refractivity contribution in [3.63, 3.8) is 0 Å². The monoisotopic (exact) mass is 404 g/mol. The summed E-state index contributed by atoms with van der Waals surface area (Å²) in [7, 11) is 1.70. The minimum absolute atomic E-state index is 0.00264. The molecule has 2 aliphatic carbocycles. The number of benzene rings is 2. The van der Waals surface area contributed by atoms with Crippen LogP contribution in [0.2, 0.25) is 0 Å². The summed E-state index contributed by atoms with van der Waals surface area (Å²) >= 11 is 0. The van der Waals surface area contributed by atoms with Crippen LogP contribution in [0.15, 0.2) is 65.8 Å². The van der Waals surface area contributed by atoms with E-state index in [1.54, 1.807) is 19.2 Å². The number of hydrogen-bond donors (Lipinski definition) is 1. The van der Waals surface area contributed by atoms with Crippen LogP contribution in [0.3, 0.4) is 0 Å². The Morgan fingerprint density at radius 3 is 2.67 bits per heavy atom. The van der Waals surface area contributed by atoms with Gasteiger partial charge in [-0.2, -0.15) is 0 Å². The number of allylic oxidation sites excluding steroid dienone is 2. The molecule has 0 radical (unpaired) electrons. The van der Waals surface area contributed by atoms with Gasteiger partial charge in [0, 0.05) is 7.11 Å². The summed E-state index contributed by atoms with van der Waals surface area (Å²) in [6.07, 6.45) is 10.5. The van der Waals surface area contributed by atoms with Gasteiger partial charge in [0.15, 0.2) is 0 Å². The highest BCUT2D eigenvalue weighted by molar-refractivity contribution is 5.77. The van der Waals surface area contributed by atoms with Crippen LogP contribution in [0.1, 0.15) is 40.7 Å². The normalized spacial score (nSPS) is 18.0. The highest BCUT2D eigenvalue weighted by Gasteiger charge is 2.22. The van der Waals surface area contributed by atoms with Crippen molar-refractivity contribution in [2.45, 2.75) is 45.1 Å². The van der Waals surface area contributed by atoms with E-state index in [0.717, 1.165) is 48.8 Å². The standard InChI is InChI=1S/C27H29FO2/c1-18-3-5-19(6-4-18)7-8-23-15-25(28)16-24-10-9-22(27(23)24)12-20-11-21(17-29)14-26(13-20)30-2/h3-6,9,11,14-16,26,29H,7-8,10,12-13,17H2,1-2H3. The van der Waals surface area contributed by atoms with Crippen molar-refractivity contribution in [1.82, 2.24) is 0 Å². The van der Waals surface area contributed by atoms with Crippen molar-refractivity contribution in [2.75, 3.05) is 13.7 Å². The first-order valence-corrected chi connectivity index (χ1v) is 10.7. The molecule has 2 aromatic rings. The molecule has 1 N–H and O–H groups in total. The lowest BCUT2D eigenvalue weighted by atomic mass is 9.88. The Morgan fingerprint density at radius 1 is 1.13 bits per heavy atom. The van der Waals surface area contributed by atoms with Crippen LogP contribution in [-0.4, -0.2) is 24.9 Å². The molecule has 30 heavy (non-hydrogen) atoms. The molecular formula is C27H29FO2. The second kappa shape index (κ2) is 9.11. The molecule has 3 heteroatoms. The lowest BCUT2D eigenvalue weighted by molar-refractivity contribution is 0.138. The number of aliphatic hydroxyl groups is 1. The topological polar surface area (TPSA) is 29.5 Å². The van der Waals surface area contributed by atoms with Crippen molar-refractivity contribution in [3.8, 4) is 0 Å². The van der Waals surface area contributed by atoms with E-state index in [9.17, 15) is 9.50 Å². The minimum Gasteiger partial charge on any atom is -0.392 e. The summed E-state index contributed by atoms with van der Waals surface area (Å²) in [4.78, 5) is 0. The number of fused-ring (bicyclic) bond motifs is 1. The van der Waals surface area contributed by atoms with Gasteiger partial charge < -0.3 is 9.84 Å². The van der Waals surface area contributed by atoms with E-state index < -0.39 is 0 Å². The largest absolute Gasteiger partial charge is 0.392 e. The molecule has 2 nitrogen and oxygen atoms in total. The second-order valence-electron chi connectivity index (χ2n) is 8.38. The maximum Gasteiger partial charge on any atom is 0.123 e. The highest BCUT2D eigenvalue weighted by atomic mass is 19.1. The summed E-state index contributed by atoms with van der Waals surface area (Å²) in [5.74, 6) is -0.149. The van der Waals surface area contributed by atoms with Gasteiger partial charge in [0.2, 0.25) is 0 Å². The fraction of sp³-hybridized carbons (Fsp3) is 0.333. The van der Waals surface area contributed by atoms with Gasteiger partial charge in [0.05, 0.1) is 12.7 Å². The maximum atomic E-state index is 14.3. The Morgan fingerprint density at radius 2 is 1.93 bits per heavy atom. The SMILES string of the molecule is COC1C=C(CO)C=C(CC2=CCc3cc(F)cc(CCc4ccc(C)cc4)c32)C1. The molecule has 0 fully saturated rings. The molecule has 0 aromatic heterocycles. The van der Waals surface area contributed by atoms with Gasteiger partial charge in [-0.1, -0.05) is 53.6 Å². The zero-order valence-corrected chi connectivity index (χ0v) is 17.7. The van der Waals surface area contributed by atoms with Gasteiger partial charge in [-0.25, -0.2) is 4.39 Å². The van der Waals surface area contributed by atoms with E-state index >= 15 is 0 Å². The molecule has 0 aliphatic heterocycles. The minimum atomic E-state index is -0.149. The molecule has 0 heterocycles. The fourth-order valence-corrected chi connectivity index (χ4v) is 4.57. The van der Waals surface area contributed by atoms with Crippen LogP contribution in [0.5, 0.6) is 0 Å². The number of methoxy groups -OCH3 is 1. The molecule has 0 spiro atoms. The Bertz CT molecular complexity index is 1010. The van der Waals surface area contributed by atoms with Crippen molar-refractivity contribution < 1.29 is 14.2 Å². The van der Waals surface area contributed by atoms with Crippen LogP contribution >= 0.6 is 0 Å². The van der Waals surface area contributed by atoms with Crippen molar-refractivity contribution >= 4 is 5.57 Å². The molecule has 2 aromatic carbocycles. The van der Waals surface area contributed by atoms with Gasteiger partial charge in [-0.15, -0.1) is 0 Å². The Kier molecular flexibility index (Phi) is 6.31. The lowest BCUT2D eigenvalue weighted by Crippen LogP contribution is -2.14. The Labute approximate surface area is 178 Å². The van der Waals surface area contributed by atoms with Gasteiger partial charge in [-0.05, 0) is 84.6 Å². The molecule has 1 atom stereocenters.